The highest BCUT2D eigenvalue weighted by Gasteiger charge is 2.59. The molecule has 1 amide bonds. The average Bonchev–Trinajstić information content (AvgIpc) is 3.16. The molecule has 2 fully saturated rings. The van der Waals surface area contributed by atoms with Crippen molar-refractivity contribution in [1.82, 2.24) is 29.9 Å². The van der Waals surface area contributed by atoms with Gasteiger partial charge in [0.1, 0.15) is 17.3 Å². The van der Waals surface area contributed by atoms with Crippen LogP contribution in [0, 0.1) is 25.7 Å². The Balaban J connectivity index is 1.32. The summed E-state index contributed by atoms with van der Waals surface area (Å²) in [6.45, 7) is 9.78. The molecule has 0 spiro atoms. The molecule has 1 aromatic carbocycles. The number of rotatable bonds is 4. The fourth-order valence-corrected chi connectivity index (χ4v) is 4.59. The number of fused-ring (bicyclic) bond motifs is 1. The summed E-state index contributed by atoms with van der Waals surface area (Å²) in [6, 6.07) is 10.3. The number of aryl methyl sites for hydroxylation is 2. The van der Waals surface area contributed by atoms with Gasteiger partial charge in [-0.1, -0.05) is 31.5 Å². The number of carbonyl (C=O) groups excluding carboxylic acids is 1. The van der Waals surface area contributed by atoms with Crippen molar-refractivity contribution >= 4 is 5.91 Å². The number of nitrogens with zero attached hydrogens (tertiary/aromatic N) is 5. The Morgan fingerprint density at radius 1 is 1.10 bits per heavy atom. The Labute approximate surface area is 170 Å². The quantitative estimate of drug-likeness (QED) is 0.742. The van der Waals surface area contributed by atoms with Gasteiger partial charge in [-0.25, -0.2) is 0 Å². The van der Waals surface area contributed by atoms with E-state index in [0.29, 0.717) is 29.4 Å². The van der Waals surface area contributed by atoms with Crippen LogP contribution in [0.1, 0.15) is 59.1 Å². The van der Waals surface area contributed by atoms with Gasteiger partial charge in [0.15, 0.2) is 0 Å². The molecule has 2 unspecified atom stereocenters. The lowest BCUT2D eigenvalue weighted by molar-refractivity contribution is 0.0766. The van der Waals surface area contributed by atoms with Crippen molar-refractivity contribution in [3.8, 4) is 5.69 Å². The van der Waals surface area contributed by atoms with Crippen molar-refractivity contribution in [2.24, 2.45) is 11.8 Å². The third kappa shape index (κ3) is 2.96. The molecule has 2 aliphatic rings. The summed E-state index contributed by atoms with van der Waals surface area (Å²) in [7, 11) is 0. The molecule has 1 saturated carbocycles. The van der Waals surface area contributed by atoms with E-state index in [1.807, 2.05) is 17.9 Å². The highest BCUT2D eigenvalue weighted by atomic mass is 16.2. The zero-order chi connectivity index (χ0) is 20.3. The molecule has 0 radical (unpaired) electrons. The summed E-state index contributed by atoms with van der Waals surface area (Å²) in [5.74, 6) is 3.55. The maximum absolute atomic E-state index is 12.8. The van der Waals surface area contributed by atoms with E-state index in [0.717, 1.165) is 36.1 Å². The number of H-pyrrole nitrogens is 1. The number of nitrogens with one attached hydrogen (secondary N) is 1. The molecule has 7 nitrogen and oxygen atoms in total. The zero-order valence-electron chi connectivity index (χ0n) is 17.3. The van der Waals surface area contributed by atoms with Crippen LogP contribution in [0.15, 0.2) is 30.3 Å². The van der Waals surface area contributed by atoms with Crippen molar-refractivity contribution in [2.75, 3.05) is 13.1 Å². The van der Waals surface area contributed by atoms with Gasteiger partial charge in [-0.15, -0.1) is 10.2 Å². The van der Waals surface area contributed by atoms with E-state index >= 15 is 0 Å². The average molecular weight is 390 g/mol. The zero-order valence-corrected chi connectivity index (χ0v) is 17.3. The van der Waals surface area contributed by atoms with Gasteiger partial charge in [-0.3, -0.25) is 14.5 Å². The second kappa shape index (κ2) is 6.54. The number of aromatic nitrogens is 5. The first kappa shape index (κ1) is 18.1. The van der Waals surface area contributed by atoms with Crippen LogP contribution in [0.2, 0.25) is 0 Å². The Bertz CT molecular complexity index is 1050. The number of likely N-dealkylation sites (tertiary alicyclic amines) is 1. The molecule has 1 saturated heterocycles. The number of piperidine rings is 1. The molecule has 150 valence electrons. The normalized spacial score (nSPS) is 22.9. The van der Waals surface area contributed by atoms with E-state index in [-0.39, 0.29) is 5.91 Å². The van der Waals surface area contributed by atoms with E-state index < -0.39 is 0 Å². The highest BCUT2D eigenvalue weighted by molar-refractivity contribution is 5.92. The van der Waals surface area contributed by atoms with Crippen molar-refractivity contribution in [2.45, 2.75) is 39.5 Å². The summed E-state index contributed by atoms with van der Waals surface area (Å²) in [4.78, 5) is 14.8. The largest absolute Gasteiger partial charge is 0.337 e. The lowest BCUT2D eigenvalue weighted by Crippen LogP contribution is -2.31. The van der Waals surface area contributed by atoms with E-state index in [4.69, 9.17) is 0 Å². The Kier molecular flexibility index (Phi) is 4.08. The van der Waals surface area contributed by atoms with E-state index in [1.54, 1.807) is 0 Å². The number of hydrogen-bond donors (Lipinski definition) is 1. The fraction of sp³-hybridized carbons (Fsp3) is 0.455. The molecule has 1 aliphatic heterocycles. The molecule has 2 aromatic heterocycles. The van der Waals surface area contributed by atoms with Gasteiger partial charge in [0.2, 0.25) is 0 Å². The van der Waals surface area contributed by atoms with E-state index in [1.165, 1.54) is 5.56 Å². The minimum Gasteiger partial charge on any atom is -0.337 e. The maximum Gasteiger partial charge on any atom is 0.274 e. The molecule has 1 aliphatic carbocycles. The van der Waals surface area contributed by atoms with Crippen molar-refractivity contribution in [3.05, 3.63) is 58.9 Å². The third-order valence-corrected chi connectivity index (χ3v) is 6.36. The van der Waals surface area contributed by atoms with Gasteiger partial charge in [0, 0.05) is 30.4 Å². The second-order valence-corrected chi connectivity index (χ2v) is 8.70. The van der Waals surface area contributed by atoms with Crippen LogP contribution in [0.5, 0.6) is 0 Å². The van der Waals surface area contributed by atoms with Crippen LogP contribution in [0.4, 0.5) is 0 Å². The SMILES string of the molecule is Cc1ccc(-n2c(C)nnc2C2C3CN(C(=O)c4cc(C(C)C)[nH]n4)CC32)cc1. The van der Waals surface area contributed by atoms with Gasteiger partial charge < -0.3 is 4.90 Å². The fourth-order valence-electron chi connectivity index (χ4n) is 4.59. The van der Waals surface area contributed by atoms with E-state index in [9.17, 15) is 4.79 Å². The lowest BCUT2D eigenvalue weighted by Gasteiger charge is -2.19. The molecule has 7 heteroatoms. The summed E-state index contributed by atoms with van der Waals surface area (Å²) < 4.78 is 2.16. The monoisotopic (exact) mass is 390 g/mol. The van der Waals surface area contributed by atoms with Gasteiger partial charge in [-0.05, 0) is 49.8 Å². The topological polar surface area (TPSA) is 79.7 Å². The van der Waals surface area contributed by atoms with Gasteiger partial charge in [-0.2, -0.15) is 5.10 Å². The molecule has 29 heavy (non-hydrogen) atoms. The first-order valence-electron chi connectivity index (χ1n) is 10.3. The molecule has 0 bridgehead atoms. The predicted octanol–water partition coefficient (Wildman–Crippen LogP) is 3.22. The third-order valence-electron chi connectivity index (χ3n) is 6.36. The Morgan fingerprint density at radius 2 is 1.79 bits per heavy atom. The minimum absolute atomic E-state index is 0.0234. The Morgan fingerprint density at radius 3 is 2.41 bits per heavy atom. The van der Waals surface area contributed by atoms with Crippen LogP contribution in [-0.2, 0) is 0 Å². The second-order valence-electron chi connectivity index (χ2n) is 8.70. The van der Waals surface area contributed by atoms with Crippen molar-refractivity contribution in [3.63, 3.8) is 0 Å². The van der Waals surface area contributed by atoms with Crippen LogP contribution in [0.25, 0.3) is 5.69 Å². The molecule has 3 aromatic rings. The van der Waals surface area contributed by atoms with Crippen LogP contribution >= 0.6 is 0 Å². The van der Waals surface area contributed by atoms with Gasteiger partial charge in [0.25, 0.3) is 5.91 Å². The molecule has 5 rings (SSSR count). The van der Waals surface area contributed by atoms with Gasteiger partial charge >= 0.3 is 0 Å². The maximum atomic E-state index is 12.8. The van der Waals surface area contributed by atoms with Crippen LogP contribution in [0.3, 0.4) is 0 Å². The molecular weight excluding hydrogens is 364 g/mol. The number of amides is 1. The smallest absolute Gasteiger partial charge is 0.274 e. The van der Waals surface area contributed by atoms with Crippen LogP contribution < -0.4 is 0 Å². The van der Waals surface area contributed by atoms with E-state index in [2.05, 4.69) is 70.0 Å². The first-order valence-corrected chi connectivity index (χ1v) is 10.3. The summed E-state index contributed by atoms with van der Waals surface area (Å²) in [5, 5.41) is 16.0. The summed E-state index contributed by atoms with van der Waals surface area (Å²) >= 11 is 0. The van der Waals surface area contributed by atoms with Crippen molar-refractivity contribution in [1.29, 1.82) is 0 Å². The number of carbonyl (C=O) groups is 1. The predicted molar refractivity (Wildman–Crippen MR) is 109 cm³/mol. The number of aromatic amines is 1. The van der Waals surface area contributed by atoms with Crippen molar-refractivity contribution < 1.29 is 4.79 Å². The first-order chi connectivity index (χ1) is 13.9. The molecular formula is C22H26N6O. The molecule has 1 N–H and O–H groups in total. The molecule has 3 heterocycles. The summed E-state index contributed by atoms with van der Waals surface area (Å²) in [6.07, 6.45) is 0. The number of hydrogen-bond acceptors (Lipinski definition) is 4. The highest BCUT2D eigenvalue weighted by Crippen LogP contribution is 2.58. The van der Waals surface area contributed by atoms with Gasteiger partial charge in [0.05, 0.1) is 0 Å². The summed E-state index contributed by atoms with van der Waals surface area (Å²) in [5.41, 5.74) is 3.85. The van der Waals surface area contributed by atoms with Crippen LogP contribution in [-0.4, -0.2) is 48.9 Å². The molecule has 2 atom stereocenters. The minimum atomic E-state index is 0.0234. The number of benzene rings is 1. The standard InChI is InChI=1S/C22H26N6O/c1-12(2)18-9-19(25-24-18)22(29)27-10-16-17(11-27)20(16)21-26-23-14(4)28(21)15-7-5-13(3)6-8-15/h5-9,12,16-17,20H,10-11H2,1-4H3,(H,24,25). The lowest BCUT2D eigenvalue weighted by atomic mass is 10.1. The Hall–Kier alpha value is -2.96.